The highest BCUT2D eigenvalue weighted by Gasteiger charge is 2.43. The largest absolute Gasteiger partial charge is 0.507 e. The van der Waals surface area contributed by atoms with E-state index < -0.39 is 0 Å². The van der Waals surface area contributed by atoms with Gasteiger partial charge in [-0.1, -0.05) is 18.1 Å². The van der Waals surface area contributed by atoms with Crippen molar-refractivity contribution in [2.24, 2.45) is 5.92 Å². The zero-order chi connectivity index (χ0) is 27.2. The average molecular weight is 538 g/mol. The van der Waals surface area contributed by atoms with Gasteiger partial charge in [-0.05, 0) is 80.8 Å². The molecule has 2 aromatic heterocycles. The fourth-order valence-corrected chi connectivity index (χ4v) is 7.43. The molecule has 5 atom stereocenters. The van der Waals surface area contributed by atoms with Crippen LogP contribution in [0.1, 0.15) is 37.8 Å². The second-order valence-corrected chi connectivity index (χ2v) is 11.6. The number of hydrogen-bond acceptors (Lipinski definition) is 9. The van der Waals surface area contributed by atoms with Gasteiger partial charge in [0.05, 0.1) is 24.0 Å². The molecule has 4 aliphatic rings. The number of piperazine rings is 1. The molecular formula is C31H35N7O2. The SMILES string of the molecule is Nc1nnc(-c2ccccc2O)cc1N1CC2CCC(C1)N2c1ccnc(C#CCN2CCC3CC[C@@H](O)C32)c1. The molecule has 4 N–H and O–H groups in total. The lowest BCUT2D eigenvalue weighted by Crippen LogP contribution is -2.54. The molecule has 3 saturated heterocycles. The van der Waals surface area contributed by atoms with Gasteiger partial charge >= 0.3 is 0 Å². The summed E-state index contributed by atoms with van der Waals surface area (Å²) in [5, 5.41) is 29.2. The Bertz CT molecular complexity index is 1460. The number of aromatic nitrogens is 3. The number of pyridine rings is 1. The number of nitrogens with zero attached hydrogens (tertiary/aromatic N) is 6. The Morgan fingerprint density at radius 2 is 1.80 bits per heavy atom. The summed E-state index contributed by atoms with van der Waals surface area (Å²) in [6, 6.07) is 14.3. The normalized spacial score (nSPS) is 27.5. The number of nitrogens with two attached hydrogens (primary N) is 1. The maximum Gasteiger partial charge on any atom is 0.169 e. The van der Waals surface area contributed by atoms with Crippen LogP contribution >= 0.6 is 0 Å². The number of nitrogen functional groups attached to an aromatic ring is 1. The predicted octanol–water partition coefficient (Wildman–Crippen LogP) is 2.88. The number of phenolic OH excluding ortho intramolecular Hbond substituents is 1. The minimum atomic E-state index is -0.208. The predicted molar refractivity (Wildman–Crippen MR) is 155 cm³/mol. The summed E-state index contributed by atoms with van der Waals surface area (Å²) in [7, 11) is 0. The fourth-order valence-electron chi connectivity index (χ4n) is 7.43. The van der Waals surface area contributed by atoms with Gasteiger partial charge in [0.1, 0.15) is 11.4 Å². The highest BCUT2D eigenvalue weighted by atomic mass is 16.3. The molecule has 0 radical (unpaired) electrons. The lowest BCUT2D eigenvalue weighted by Gasteiger charge is -2.43. The molecule has 4 fully saturated rings. The molecule has 7 rings (SSSR count). The van der Waals surface area contributed by atoms with Crippen molar-refractivity contribution in [2.75, 3.05) is 41.7 Å². The number of aromatic hydroxyl groups is 1. The zero-order valence-electron chi connectivity index (χ0n) is 22.5. The molecule has 5 heterocycles. The topological polar surface area (TPSA) is 115 Å². The molecule has 3 aliphatic heterocycles. The molecule has 1 aliphatic carbocycles. The first-order valence-corrected chi connectivity index (χ1v) is 14.4. The second kappa shape index (κ2) is 10.3. The van der Waals surface area contributed by atoms with Crippen molar-refractivity contribution < 1.29 is 10.2 Å². The Morgan fingerprint density at radius 3 is 2.62 bits per heavy atom. The van der Waals surface area contributed by atoms with E-state index in [9.17, 15) is 10.2 Å². The summed E-state index contributed by atoms with van der Waals surface area (Å²) in [6.45, 7) is 3.36. The van der Waals surface area contributed by atoms with Gasteiger partial charge in [-0.3, -0.25) is 4.90 Å². The van der Waals surface area contributed by atoms with Crippen molar-refractivity contribution in [1.82, 2.24) is 20.1 Å². The van der Waals surface area contributed by atoms with E-state index in [-0.39, 0.29) is 17.9 Å². The summed E-state index contributed by atoms with van der Waals surface area (Å²) in [5.74, 6) is 7.83. The third kappa shape index (κ3) is 4.51. The van der Waals surface area contributed by atoms with Crippen molar-refractivity contribution >= 4 is 17.2 Å². The first-order valence-electron chi connectivity index (χ1n) is 14.4. The van der Waals surface area contributed by atoms with E-state index in [1.165, 1.54) is 6.42 Å². The van der Waals surface area contributed by atoms with Crippen molar-refractivity contribution in [1.29, 1.82) is 0 Å². The maximum atomic E-state index is 10.4. The number of anilines is 3. The maximum absolute atomic E-state index is 10.4. The van der Waals surface area contributed by atoms with E-state index >= 15 is 0 Å². The van der Waals surface area contributed by atoms with E-state index in [0.29, 0.717) is 41.6 Å². The van der Waals surface area contributed by atoms with E-state index in [2.05, 4.69) is 53.9 Å². The Labute approximate surface area is 234 Å². The Hall–Kier alpha value is -3.87. The van der Waals surface area contributed by atoms with Gasteiger partial charge in [-0.15, -0.1) is 10.2 Å². The summed E-state index contributed by atoms with van der Waals surface area (Å²) in [6.07, 6.45) is 7.09. The van der Waals surface area contributed by atoms with Crippen molar-refractivity contribution in [3.63, 3.8) is 0 Å². The molecule has 0 amide bonds. The number of aliphatic hydroxyl groups is 1. The van der Waals surface area contributed by atoms with Crippen LogP contribution in [0.3, 0.4) is 0 Å². The minimum absolute atomic E-state index is 0.176. The third-order valence-corrected chi connectivity index (χ3v) is 9.26. The van der Waals surface area contributed by atoms with Crippen LogP contribution in [0.5, 0.6) is 5.75 Å². The standard InChI is InChI=1S/C31H35N7O2/c32-31-27(17-26(34-35-31)25-5-1-2-6-28(25)39)37-18-23-8-9-24(19-37)38(23)22-11-13-33-21(16-22)4-3-14-36-15-12-20-7-10-29(40)30(20)36/h1-2,5-6,11,13,16-17,20,23-24,29-30,39-40H,7-10,12,14-15,18-19H2,(H2,32,35)/t20?,23?,24?,29-,30?/m1/s1. The first-order chi connectivity index (χ1) is 19.5. The van der Waals surface area contributed by atoms with Crippen molar-refractivity contribution in [2.45, 2.75) is 56.3 Å². The lowest BCUT2D eigenvalue weighted by molar-refractivity contribution is 0.0921. The molecule has 0 spiro atoms. The van der Waals surface area contributed by atoms with Crippen LogP contribution < -0.4 is 15.5 Å². The number of likely N-dealkylation sites (tertiary alicyclic amines) is 1. The molecule has 2 bridgehead atoms. The monoisotopic (exact) mass is 537 g/mol. The molecule has 206 valence electrons. The minimum Gasteiger partial charge on any atom is -0.507 e. The molecule has 1 aromatic carbocycles. The zero-order valence-corrected chi connectivity index (χ0v) is 22.5. The molecule has 3 aromatic rings. The van der Waals surface area contributed by atoms with Crippen molar-refractivity contribution in [3.8, 4) is 28.8 Å². The van der Waals surface area contributed by atoms with E-state index in [1.54, 1.807) is 12.1 Å². The summed E-state index contributed by atoms with van der Waals surface area (Å²) in [4.78, 5) is 11.7. The quantitative estimate of drug-likeness (QED) is 0.432. The van der Waals surface area contributed by atoms with Gasteiger partial charge in [-0.25, -0.2) is 4.98 Å². The van der Waals surface area contributed by atoms with Crippen LogP contribution in [0, 0.1) is 17.8 Å². The summed E-state index contributed by atoms with van der Waals surface area (Å²) < 4.78 is 0. The van der Waals surface area contributed by atoms with Crippen LogP contribution in [-0.4, -0.2) is 80.7 Å². The highest BCUT2D eigenvalue weighted by molar-refractivity contribution is 5.74. The molecule has 4 unspecified atom stereocenters. The first kappa shape index (κ1) is 25.1. The van der Waals surface area contributed by atoms with Gasteiger partial charge < -0.3 is 25.7 Å². The van der Waals surface area contributed by atoms with Gasteiger partial charge in [0.15, 0.2) is 5.82 Å². The number of rotatable bonds is 4. The molecule has 1 saturated carbocycles. The van der Waals surface area contributed by atoms with E-state index in [0.717, 1.165) is 62.4 Å². The average Bonchev–Trinajstić information content (AvgIpc) is 3.62. The van der Waals surface area contributed by atoms with Crippen molar-refractivity contribution in [3.05, 3.63) is 54.4 Å². The summed E-state index contributed by atoms with van der Waals surface area (Å²) >= 11 is 0. The van der Waals surface area contributed by atoms with Crippen LogP contribution in [0.15, 0.2) is 48.7 Å². The van der Waals surface area contributed by atoms with E-state index in [4.69, 9.17) is 5.73 Å². The molecular weight excluding hydrogens is 502 g/mol. The number of aliphatic hydroxyl groups excluding tert-OH is 1. The van der Waals surface area contributed by atoms with Gasteiger partial charge in [0.2, 0.25) is 0 Å². The number of benzene rings is 1. The molecule has 40 heavy (non-hydrogen) atoms. The Kier molecular flexibility index (Phi) is 6.45. The second-order valence-electron chi connectivity index (χ2n) is 11.6. The number of para-hydroxylation sites is 1. The van der Waals surface area contributed by atoms with E-state index in [1.807, 2.05) is 24.4 Å². The summed E-state index contributed by atoms with van der Waals surface area (Å²) in [5.41, 5.74) is 10.4. The van der Waals surface area contributed by atoms with Gasteiger partial charge in [-0.2, -0.15) is 0 Å². The number of hydrogen-bond donors (Lipinski definition) is 3. The Morgan fingerprint density at radius 1 is 0.975 bits per heavy atom. The smallest absolute Gasteiger partial charge is 0.169 e. The van der Waals surface area contributed by atoms with Gasteiger partial charge in [0, 0.05) is 48.7 Å². The lowest BCUT2D eigenvalue weighted by atomic mass is 10.0. The number of phenols is 1. The highest BCUT2D eigenvalue weighted by Crippen LogP contribution is 2.39. The van der Waals surface area contributed by atoms with Gasteiger partial charge in [0.25, 0.3) is 0 Å². The van der Waals surface area contributed by atoms with Crippen LogP contribution in [0.4, 0.5) is 17.2 Å². The van der Waals surface area contributed by atoms with Crippen LogP contribution in [0.2, 0.25) is 0 Å². The third-order valence-electron chi connectivity index (χ3n) is 9.26. The van der Waals surface area contributed by atoms with Crippen LogP contribution in [-0.2, 0) is 0 Å². The Balaban J connectivity index is 1.06. The molecule has 9 nitrogen and oxygen atoms in total. The van der Waals surface area contributed by atoms with Crippen LogP contribution in [0.25, 0.3) is 11.3 Å². The fraction of sp³-hybridized carbons (Fsp3) is 0.452. The number of fused-ring (bicyclic) bond motifs is 3. The molecule has 9 heteroatoms.